The van der Waals surface area contributed by atoms with E-state index in [9.17, 15) is 0 Å². The van der Waals surface area contributed by atoms with Gasteiger partial charge in [-0.05, 0) is 85.2 Å². The number of hydrogen-bond acceptors (Lipinski definition) is 7. The second-order valence-corrected chi connectivity index (χ2v) is 9.57. The Morgan fingerprint density at radius 1 is 0.818 bits per heavy atom. The Morgan fingerprint density at radius 3 is 1.97 bits per heavy atom. The summed E-state index contributed by atoms with van der Waals surface area (Å²) in [5, 5.41) is 9.76. The summed E-state index contributed by atoms with van der Waals surface area (Å²) in [6, 6.07) is 16.0. The number of nitrogens with one attached hydrogen (secondary N) is 2. The van der Waals surface area contributed by atoms with E-state index in [0.29, 0.717) is 31.8 Å². The van der Waals surface area contributed by atoms with E-state index in [1.54, 1.807) is 6.20 Å². The molecule has 0 atom stereocenters. The van der Waals surface area contributed by atoms with Crippen LogP contribution in [-0.2, 0) is 4.74 Å². The number of pyridine rings is 2. The van der Waals surface area contributed by atoms with Gasteiger partial charge in [0.1, 0.15) is 13.5 Å². The fraction of sp³-hybridized carbons (Fsp3) is 0.250. The van der Waals surface area contributed by atoms with Gasteiger partial charge in [-0.15, -0.1) is 0 Å². The molecule has 2 heterocycles. The van der Waals surface area contributed by atoms with Crippen LogP contribution in [0.15, 0.2) is 60.9 Å². The molecule has 0 bridgehead atoms. The van der Waals surface area contributed by atoms with Gasteiger partial charge in [-0.3, -0.25) is 19.8 Å². The summed E-state index contributed by atoms with van der Waals surface area (Å²) >= 11 is 8.38. The van der Waals surface area contributed by atoms with Crippen LogP contribution < -0.4 is 10.6 Å². The molecule has 0 spiro atoms. The van der Waals surface area contributed by atoms with E-state index in [4.69, 9.17) is 16.3 Å². The Bertz CT molecular complexity index is 1140. The number of anilines is 2. The molecule has 0 amide bonds. The monoisotopic (exact) mass is 576 g/mol. The number of aromatic nitrogens is 2. The first-order valence-corrected chi connectivity index (χ1v) is 12.0. The van der Waals surface area contributed by atoms with Crippen molar-refractivity contribution in [3.63, 3.8) is 0 Å². The summed E-state index contributed by atoms with van der Waals surface area (Å²) in [7, 11) is 4.03. The summed E-state index contributed by atoms with van der Waals surface area (Å²) in [4.78, 5) is 13.0. The molecule has 2 aromatic carbocycles. The third-order valence-corrected chi connectivity index (χ3v) is 6.02. The molecule has 0 unspecified atom stereocenters. The summed E-state index contributed by atoms with van der Waals surface area (Å²) in [5.74, 6) is 0. The van der Waals surface area contributed by atoms with Gasteiger partial charge in [0.25, 0.3) is 0 Å². The highest BCUT2D eigenvalue weighted by Crippen LogP contribution is 2.24. The number of rotatable bonds is 10. The third-order valence-electron chi connectivity index (χ3n) is 5.11. The van der Waals surface area contributed by atoms with Gasteiger partial charge in [0.15, 0.2) is 0 Å². The van der Waals surface area contributed by atoms with Gasteiger partial charge < -0.3 is 15.4 Å². The van der Waals surface area contributed by atoms with Crippen LogP contribution in [0.4, 0.5) is 11.4 Å². The molecule has 0 aliphatic rings. The predicted octanol–water partition coefficient (Wildman–Crippen LogP) is 5.28. The Balaban J connectivity index is 1.21. The molecular formula is C24H26ClIN6O. The van der Waals surface area contributed by atoms with Gasteiger partial charge >= 0.3 is 0 Å². The molecule has 0 aliphatic carbocycles. The zero-order valence-corrected chi connectivity index (χ0v) is 21.5. The summed E-state index contributed by atoms with van der Waals surface area (Å²) < 4.78 is 7.05. The standard InChI is InChI=1S/C24H26ClIN6O/c1-31(13-29-21-7-9-27-23-11-17(25)3-5-19(21)23)15-33-16-32(2)14-30-22-8-10-28-24-12-18(26)4-6-20(22)24/h3-12H,13-16H2,1-2H3,(H,27,29)(H,28,30). The van der Waals surface area contributed by atoms with Crippen LogP contribution in [0.25, 0.3) is 21.8 Å². The highest BCUT2D eigenvalue weighted by atomic mass is 127. The van der Waals surface area contributed by atoms with Crippen molar-refractivity contribution >= 4 is 67.4 Å². The molecule has 4 rings (SSSR count). The number of halogens is 2. The van der Waals surface area contributed by atoms with Crippen LogP contribution in [0.1, 0.15) is 0 Å². The smallest absolute Gasteiger partial charge is 0.102 e. The third kappa shape index (κ3) is 6.42. The van der Waals surface area contributed by atoms with Crippen LogP contribution in [0.5, 0.6) is 0 Å². The number of fused-ring (bicyclic) bond motifs is 2. The number of nitrogens with zero attached hydrogens (tertiary/aromatic N) is 4. The highest BCUT2D eigenvalue weighted by molar-refractivity contribution is 14.1. The second kappa shape index (κ2) is 11.3. The first-order valence-electron chi connectivity index (χ1n) is 10.5. The van der Waals surface area contributed by atoms with E-state index in [0.717, 1.165) is 33.2 Å². The maximum absolute atomic E-state index is 6.07. The molecule has 0 fully saturated rings. The largest absolute Gasteiger partial charge is 0.372 e. The minimum atomic E-state index is 0.503. The maximum atomic E-state index is 6.07. The van der Waals surface area contributed by atoms with Crippen LogP contribution in [-0.4, -0.2) is 60.7 Å². The van der Waals surface area contributed by atoms with E-state index < -0.39 is 0 Å². The average molecular weight is 577 g/mol. The quantitative estimate of drug-likeness (QED) is 0.197. The molecule has 7 nitrogen and oxygen atoms in total. The van der Waals surface area contributed by atoms with Gasteiger partial charge in [-0.2, -0.15) is 0 Å². The Morgan fingerprint density at radius 2 is 1.36 bits per heavy atom. The SMILES string of the molecule is CN(CNc1ccnc2cc(Cl)ccc12)COCN(C)CNc1ccnc2cc(I)ccc12. The summed E-state index contributed by atoms with van der Waals surface area (Å²) in [6.45, 7) is 2.32. The maximum Gasteiger partial charge on any atom is 0.102 e. The van der Waals surface area contributed by atoms with Crippen molar-refractivity contribution in [3.05, 3.63) is 69.5 Å². The van der Waals surface area contributed by atoms with E-state index in [-0.39, 0.29) is 0 Å². The fourth-order valence-electron chi connectivity index (χ4n) is 3.43. The lowest BCUT2D eigenvalue weighted by Gasteiger charge is -2.22. The van der Waals surface area contributed by atoms with Crippen molar-refractivity contribution in [2.75, 3.05) is 51.5 Å². The van der Waals surface area contributed by atoms with Crippen molar-refractivity contribution in [2.45, 2.75) is 0 Å². The minimum absolute atomic E-state index is 0.503. The zero-order valence-electron chi connectivity index (χ0n) is 18.6. The van der Waals surface area contributed by atoms with Crippen LogP contribution in [0, 0.1) is 3.57 Å². The fourth-order valence-corrected chi connectivity index (χ4v) is 4.08. The molecular weight excluding hydrogens is 551 g/mol. The minimum Gasteiger partial charge on any atom is -0.372 e. The van der Waals surface area contributed by atoms with Crippen molar-refractivity contribution < 1.29 is 4.74 Å². The van der Waals surface area contributed by atoms with Crippen molar-refractivity contribution in [1.82, 2.24) is 19.8 Å². The lowest BCUT2D eigenvalue weighted by atomic mass is 10.2. The molecule has 4 aromatic rings. The zero-order chi connectivity index (χ0) is 23.2. The second-order valence-electron chi connectivity index (χ2n) is 7.88. The van der Waals surface area contributed by atoms with Gasteiger partial charge in [0, 0.05) is 43.1 Å². The van der Waals surface area contributed by atoms with E-state index in [1.807, 2.05) is 50.6 Å². The molecule has 2 aromatic heterocycles. The molecule has 2 N–H and O–H groups in total. The molecule has 172 valence electrons. The average Bonchev–Trinajstić information content (AvgIpc) is 2.80. The van der Waals surface area contributed by atoms with Crippen LogP contribution >= 0.6 is 34.2 Å². The topological polar surface area (TPSA) is 65.6 Å². The first kappa shape index (κ1) is 23.9. The van der Waals surface area contributed by atoms with Gasteiger partial charge in [-0.25, -0.2) is 0 Å². The normalized spacial score (nSPS) is 11.6. The van der Waals surface area contributed by atoms with Crippen LogP contribution in [0.2, 0.25) is 5.02 Å². The van der Waals surface area contributed by atoms with Gasteiger partial charge in [-0.1, -0.05) is 11.6 Å². The molecule has 0 saturated carbocycles. The molecule has 33 heavy (non-hydrogen) atoms. The van der Waals surface area contributed by atoms with Crippen molar-refractivity contribution in [1.29, 1.82) is 0 Å². The lowest BCUT2D eigenvalue weighted by Crippen LogP contribution is -2.33. The Labute approximate surface area is 212 Å². The molecule has 0 saturated heterocycles. The summed E-state index contributed by atoms with van der Waals surface area (Å²) in [6.07, 6.45) is 3.62. The number of hydrogen-bond donors (Lipinski definition) is 2. The first-order chi connectivity index (χ1) is 16.0. The predicted molar refractivity (Wildman–Crippen MR) is 145 cm³/mol. The number of benzene rings is 2. The van der Waals surface area contributed by atoms with E-state index in [2.05, 4.69) is 71.2 Å². The van der Waals surface area contributed by atoms with E-state index >= 15 is 0 Å². The van der Waals surface area contributed by atoms with Crippen molar-refractivity contribution in [3.8, 4) is 0 Å². The lowest BCUT2D eigenvalue weighted by molar-refractivity contribution is -0.00862. The molecule has 0 radical (unpaired) electrons. The Hall–Kier alpha value is -2.24. The van der Waals surface area contributed by atoms with Crippen LogP contribution in [0.3, 0.4) is 0 Å². The number of ether oxygens (including phenoxy) is 1. The summed E-state index contributed by atoms with van der Waals surface area (Å²) in [5.41, 5.74) is 3.95. The highest BCUT2D eigenvalue weighted by Gasteiger charge is 2.06. The molecule has 9 heteroatoms. The Kier molecular flexibility index (Phi) is 8.15. The van der Waals surface area contributed by atoms with E-state index in [1.165, 1.54) is 3.57 Å². The van der Waals surface area contributed by atoms with Gasteiger partial charge in [0.2, 0.25) is 0 Å². The van der Waals surface area contributed by atoms with Gasteiger partial charge in [0.05, 0.1) is 24.4 Å². The van der Waals surface area contributed by atoms with Crippen molar-refractivity contribution in [2.24, 2.45) is 0 Å². The molecule has 0 aliphatic heterocycles.